The summed E-state index contributed by atoms with van der Waals surface area (Å²) in [6.45, 7) is 4.35. The lowest BCUT2D eigenvalue weighted by Gasteiger charge is -2.26. The molecule has 0 saturated carbocycles. The van der Waals surface area contributed by atoms with Gasteiger partial charge in [-0.3, -0.25) is 0 Å². The van der Waals surface area contributed by atoms with Crippen molar-refractivity contribution in [3.05, 3.63) is 82.6 Å². The van der Waals surface area contributed by atoms with Crippen LogP contribution in [0, 0.1) is 0 Å². The first-order valence-electron chi connectivity index (χ1n) is 10.2. The molecule has 30 heavy (non-hydrogen) atoms. The third kappa shape index (κ3) is 5.99. The maximum atomic E-state index is 13.1. The van der Waals surface area contributed by atoms with Gasteiger partial charge in [-0.25, -0.2) is 0 Å². The van der Waals surface area contributed by atoms with E-state index in [1.807, 2.05) is 50.3 Å². The molecule has 0 unspecified atom stereocenters. The van der Waals surface area contributed by atoms with E-state index in [1.165, 1.54) is 12.1 Å². The van der Waals surface area contributed by atoms with E-state index in [9.17, 15) is 13.2 Å². The Bertz CT molecular complexity index is 921. The lowest BCUT2D eigenvalue weighted by atomic mass is 9.88. The largest absolute Gasteiger partial charge is 0.493 e. The molecule has 0 aromatic heterocycles. The summed E-state index contributed by atoms with van der Waals surface area (Å²) < 4.78 is 45.6. The molecule has 2 aromatic carbocycles. The van der Waals surface area contributed by atoms with Crippen LogP contribution < -0.4 is 5.73 Å². The molecule has 0 bridgehead atoms. The third-order valence-corrected chi connectivity index (χ3v) is 5.11. The highest BCUT2D eigenvalue weighted by Crippen LogP contribution is 2.38. The van der Waals surface area contributed by atoms with Crippen molar-refractivity contribution in [3.8, 4) is 0 Å². The van der Waals surface area contributed by atoms with Crippen molar-refractivity contribution in [1.82, 2.24) is 0 Å². The number of nitrogens with two attached hydrogens (primary N) is 1. The second-order valence-electron chi connectivity index (χ2n) is 8.41. The van der Waals surface area contributed by atoms with E-state index >= 15 is 0 Å². The van der Waals surface area contributed by atoms with Gasteiger partial charge in [0, 0.05) is 11.1 Å². The van der Waals surface area contributed by atoms with Gasteiger partial charge in [0.1, 0.15) is 5.76 Å². The van der Waals surface area contributed by atoms with Gasteiger partial charge in [0.2, 0.25) is 0 Å². The average molecular weight is 415 g/mol. The van der Waals surface area contributed by atoms with Gasteiger partial charge in [-0.15, -0.1) is 0 Å². The lowest BCUT2D eigenvalue weighted by molar-refractivity contribution is -0.137. The third-order valence-electron chi connectivity index (χ3n) is 5.11. The summed E-state index contributed by atoms with van der Waals surface area (Å²) in [5, 5.41) is 0. The first-order chi connectivity index (χ1) is 14.1. The van der Waals surface area contributed by atoms with E-state index in [1.54, 1.807) is 6.07 Å². The predicted octanol–water partition coefficient (Wildman–Crippen LogP) is 6.83. The number of benzene rings is 2. The number of rotatable bonds is 6. The van der Waals surface area contributed by atoms with Crippen molar-refractivity contribution in [1.29, 1.82) is 0 Å². The van der Waals surface area contributed by atoms with Gasteiger partial charge in [-0.05, 0) is 74.4 Å². The van der Waals surface area contributed by atoms with Crippen molar-refractivity contribution in [2.24, 2.45) is 5.73 Å². The summed E-state index contributed by atoms with van der Waals surface area (Å²) in [7, 11) is 0. The fraction of sp³-hybridized carbons (Fsp3) is 0.360. The molecule has 0 saturated heterocycles. The van der Waals surface area contributed by atoms with Crippen LogP contribution in [0.1, 0.15) is 56.2 Å². The number of hydrogen-bond donors (Lipinski definition) is 1. The standard InChI is InChI=1S/C25H28F3NO/c1-24(2,29)14-15-30-23-20(11-7-13-22(23)19-9-4-3-5-10-19)16-18-8-6-12-21(17-18)25(26,27)28/h3-6,8-10,12,16-17H,7,11,13-15,29H2,1-2H3. The Morgan fingerprint density at radius 3 is 2.40 bits per heavy atom. The van der Waals surface area contributed by atoms with Crippen LogP contribution in [0.5, 0.6) is 0 Å². The first-order valence-corrected chi connectivity index (χ1v) is 10.2. The molecule has 0 spiro atoms. The highest BCUT2D eigenvalue weighted by atomic mass is 19.4. The molecule has 5 heteroatoms. The van der Waals surface area contributed by atoms with E-state index in [0.29, 0.717) is 18.6 Å². The van der Waals surface area contributed by atoms with E-state index < -0.39 is 11.7 Å². The Kier molecular flexibility index (Phi) is 6.71. The SMILES string of the molecule is CC(C)(N)CCOC1=C(c2ccccc2)CCCC1=Cc1cccc(C(F)(F)F)c1. The average Bonchev–Trinajstić information content (AvgIpc) is 2.68. The number of ether oxygens (including phenoxy) is 1. The predicted molar refractivity (Wildman–Crippen MR) is 115 cm³/mol. The molecule has 0 heterocycles. The van der Waals surface area contributed by atoms with Gasteiger partial charge < -0.3 is 10.5 Å². The summed E-state index contributed by atoms with van der Waals surface area (Å²) >= 11 is 0. The van der Waals surface area contributed by atoms with Gasteiger partial charge in [-0.2, -0.15) is 13.2 Å². The number of allylic oxidation sites excluding steroid dienone is 2. The number of hydrogen-bond acceptors (Lipinski definition) is 2. The van der Waals surface area contributed by atoms with E-state index in [0.717, 1.165) is 47.8 Å². The molecular formula is C25H28F3NO. The normalized spacial score (nSPS) is 16.8. The molecule has 0 radical (unpaired) electrons. The van der Waals surface area contributed by atoms with Crippen molar-refractivity contribution in [2.45, 2.75) is 51.2 Å². The quantitative estimate of drug-likeness (QED) is 0.561. The maximum Gasteiger partial charge on any atom is 0.416 e. The molecule has 160 valence electrons. The second kappa shape index (κ2) is 9.09. The molecule has 3 rings (SSSR count). The van der Waals surface area contributed by atoms with Crippen LogP contribution in [0.15, 0.2) is 65.9 Å². The Morgan fingerprint density at radius 2 is 1.73 bits per heavy atom. The minimum absolute atomic E-state index is 0.354. The Labute approximate surface area is 176 Å². The van der Waals surface area contributed by atoms with E-state index in [4.69, 9.17) is 10.5 Å². The highest BCUT2D eigenvalue weighted by molar-refractivity contribution is 5.75. The topological polar surface area (TPSA) is 35.2 Å². The van der Waals surface area contributed by atoms with Crippen LogP contribution in [0.4, 0.5) is 13.2 Å². The second-order valence-corrected chi connectivity index (χ2v) is 8.41. The molecule has 2 nitrogen and oxygen atoms in total. The monoisotopic (exact) mass is 415 g/mol. The summed E-state index contributed by atoms with van der Waals surface area (Å²) in [5.41, 5.74) is 8.71. The molecule has 0 amide bonds. The van der Waals surface area contributed by atoms with Crippen LogP contribution in [0.25, 0.3) is 11.6 Å². The lowest BCUT2D eigenvalue weighted by Crippen LogP contribution is -2.33. The highest BCUT2D eigenvalue weighted by Gasteiger charge is 2.30. The van der Waals surface area contributed by atoms with E-state index in [2.05, 4.69) is 0 Å². The van der Waals surface area contributed by atoms with Gasteiger partial charge >= 0.3 is 6.18 Å². The summed E-state index contributed by atoms with van der Waals surface area (Å²) in [6.07, 6.45) is 0.678. The Morgan fingerprint density at radius 1 is 1.00 bits per heavy atom. The van der Waals surface area contributed by atoms with Crippen molar-refractivity contribution in [3.63, 3.8) is 0 Å². The smallest absolute Gasteiger partial charge is 0.416 e. The zero-order valence-electron chi connectivity index (χ0n) is 17.4. The van der Waals surface area contributed by atoms with Crippen LogP contribution in [-0.4, -0.2) is 12.1 Å². The summed E-state index contributed by atoms with van der Waals surface area (Å²) in [4.78, 5) is 0. The molecule has 0 aliphatic heterocycles. The van der Waals surface area contributed by atoms with Gasteiger partial charge in [0.25, 0.3) is 0 Å². The van der Waals surface area contributed by atoms with Crippen LogP contribution >= 0.6 is 0 Å². The number of alkyl halides is 3. The van der Waals surface area contributed by atoms with E-state index in [-0.39, 0.29) is 5.54 Å². The summed E-state index contributed by atoms with van der Waals surface area (Å²) in [6, 6.07) is 15.4. The molecule has 2 N–H and O–H groups in total. The van der Waals surface area contributed by atoms with Crippen LogP contribution in [0.2, 0.25) is 0 Å². The van der Waals surface area contributed by atoms with Crippen molar-refractivity contribution >= 4 is 11.6 Å². The Hall–Kier alpha value is -2.53. The zero-order valence-corrected chi connectivity index (χ0v) is 17.4. The molecule has 2 aromatic rings. The molecule has 0 atom stereocenters. The fourth-order valence-electron chi connectivity index (χ4n) is 3.53. The van der Waals surface area contributed by atoms with Gasteiger partial charge in [-0.1, -0.05) is 42.5 Å². The van der Waals surface area contributed by atoms with Crippen LogP contribution in [-0.2, 0) is 10.9 Å². The maximum absolute atomic E-state index is 13.1. The fourth-order valence-corrected chi connectivity index (χ4v) is 3.53. The molecule has 0 fully saturated rings. The van der Waals surface area contributed by atoms with Gasteiger partial charge in [0.15, 0.2) is 0 Å². The minimum atomic E-state index is -4.36. The van der Waals surface area contributed by atoms with Crippen molar-refractivity contribution in [2.75, 3.05) is 6.61 Å². The molecule has 1 aliphatic rings. The number of halogens is 3. The van der Waals surface area contributed by atoms with Gasteiger partial charge in [0.05, 0.1) is 12.2 Å². The summed E-state index contributed by atoms with van der Waals surface area (Å²) in [5.74, 6) is 0.772. The van der Waals surface area contributed by atoms with Crippen molar-refractivity contribution < 1.29 is 17.9 Å². The molecule has 1 aliphatic carbocycles. The van der Waals surface area contributed by atoms with Crippen LogP contribution in [0.3, 0.4) is 0 Å². The molecular weight excluding hydrogens is 387 g/mol. The zero-order chi connectivity index (χ0) is 21.8. The minimum Gasteiger partial charge on any atom is -0.493 e. The first kappa shape index (κ1) is 22.2. The Balaban J connectivity index is 2.00.